The second-order valence-electron chi connectivity index (χ2n) is 3.71. The van der Waals surface area contributed by atoms with Gasteiger partial charge in [-0.05, 0) is 17.1 Å². The number of nitro groups is 2. The number of nitrogens with zero attached hydrogens (tertiary/aromatic N) is 4. The smallest absolute Gasteiger partial charge is 0.346 e. The fourth-order valence-electron chi connectivity index (χ4n) is 1.77. The summed E-state index contributed by atoms with van der Waals surface area (Å²) >= 11 is 0. The molecule has 2 rings (SSSR count). The van der Waals surface area contributed by atoms with Gasteiger partial charge >= 0.3 is 5.84 Å². The highest BCUT2D eigenvalue weighted by Gasteiger charge is 2.48. The van der Waals surface area contributed by atoms with Crippen molar-refractivity contribution < 1.29 is 9.85 Å². The van der Waals surface area contributed by atoms with Crippen molar-refractivity contribution in [3.63, 3.8) is 0 Å². The minimum absolute atomic E-state index is 0.341. The molecule has 0 N–H and O–H groups in total. The average Bonchev–Trinajstić information content (AvgIpc) is 2.39. The molecule has 0 spiro atoms. The van der Waals surface area contributed by atoms with E-state index in [-0.39, 0.29) is 6.42 Å². The fourth-order valence-corrected chi connectivity index (χ4v) is 1.77. The second kappa shape index (κ2) is 4.32. The van der Waals surface area contributed by atoms with Gasteiger partial charge in [-0.15, -0.1) is 0 Å². The molecule has 1 aliphatic rings. The van der Waals surface area contributed by atoms with E-state index in [0.717, 1.165) is 6.20 Å². The topological polar surface area (TPSA) is 112 Å². The Hall–Kier alpha value is -2.64. The lowest BCUT2D eigenvalue weighted by Crippen LogP contribution is -2.39. The van der Waals surface area contributed by atoms with Crippen LogP contribution in [0, 0.1) is 20.2 Å². The van der Waals surface area contributed by atoms with Gasteiger partial charge in [-0.2, -0.15) is 0 Å². The van der Waals surface area contributed by atoms with Crippen LogP contribution in [0.3, 0.4) is 0 Å². The van der Waals surface area contributed by atoms with E-state index in [1.54, 1.807) is 0 Å². The lowest BCUT2D eigenvalue weighted by atomic mass is 9.86. The van der Waals surface area contributed by atoms with Gasteiger partial charge in [0.2, 0.25) is 0 Å². The first-order valence-corrected chi connectivity index (χ1v) is 5.00. The molecule has 92 valence electrons. The van der Waals surface area contributed by atoms with Crippen LogP contribution in [-0.4, -0.2) is 20.7 Å². The van der Waals surface area contributed by atoms with Crippen molar-refractivity contribution in [2.45, 2.75) is 12.0 Å². The highest BCUT2D eigenvalue weighted by molar-refractivity contribution is 5.77. The Morgan fingerprint density at radius 3 is 2.44 bits per heavy atom. The van der Waals surface area contributed by atoms with Crippen LogP contribution in [0.5, 0.6) is 0 Å². The molecule has 2 heterocycles. The molecule has 8 nitrogen and oxygen atoms in total. The molecule has 1 atom stereocenters. The maximum Gasteiger partial charge on any atom is 0.346 e. The third kappa shape index (κ3) is 1.83. The summed E-state index contributed by atoms with van der Waals surface area (Å²) in [7, 11) is 0. The molecule has 1 unspecified atom stereocenters. The largest absolute Gasteiger partial charge is 0.358 e. The van der Waals surface area contributed by atoms with E-state index in [1.165, 1.54) is 30.6 Å². The Morgan fingerprint density at radius 1 is 1.22 bits per heavy atom. The third-order valence-electron chi connectivity index (χ3n) is 2.72. The highest BCUT2D eigenvalue weighted by Crippen LogP contribution is 2.33. The zero-order chi connectivity index (χ0) is 13.2. The molecule has 18 heavy (non-hydrogen) atoms. The summed E-state index contributed by atoms with van der Waals surface area (Å²) < 4.78 is 0. The Bertz CT molecular complexity index is 554. The minimum Gasteiger partial charge on any atom is -0.358 e. The number of hydrogen-bond acceptors (Lipinski definition) is 6. The molecule has 0 radical (unpaired) electrons. The summed E-state index contributed by atoms with van der Waals surface area (Å²) in [6, 6.07) is 2.94. The number of aliphatic imine (C=N–C) groups is 1. The zero-order valence-corrected chi connectivity index (χ0v) is 9.09. The first-order valence-electron chi connectivity index (χ1n) is 5.00. The van der Waals surface area contributed by atoms with E-state index in [1.807, 2.05) is 0 Å². The van der Waals surface area contributed by atoms with Crippen LogP contribution in [0.4, 0.5) is 0 Å². The third-order valence-corrected chi connectivity index (χ3v) is 2.72. The number of amidine groups is 1. The van der Waals surface area contributed by atoms with Crippen molar-refractivity contribution in [1.29, 1.82) is 0 Å². The van der Waals surface area contributed by atoms with Crippen molar-refractivity contribution >= 4 is 5.84 Å². The predicted molar refractivity (Wildman–Crippen MR) is 61.1 cm³/mol. The van der Waals surface area contributed by atoms with E-state index in [9.17, 15) is 20.2 Å². The van der Waals surface area contributed by atoms with Crippen molar-refractivity contribution in [2.24, 2.45) is 4.99 Å². The van der Waals surface area contributed by atoms with Crippen LogP contribution < -0.4 is 0 Å². The predicted octanol–water partition coefficient (Wildman–Crippen LogP) is 1.15. The molecule has 0 aliphatic carbocycles. The Balaban J connectivity index is 2.49. The summed E-state index contributed by atoms with van der Waals surface area (Å²) in [5, 5.41) is 22.0. The van der Waals surface area contributed by atoms with Gasteiger partial charge in [0.15, 0.2) is 0 Å². The maximum absolute atomic E-state index is 11.3. The van der Waals surface area contributed by atoms with Crippen LogP contribution >= 0.6 is 0 Å². The number of aromatic nitrogens is 1. The fraction of sp³-hybridized carbons (Fsp3) is 0.200. The summed E-state index contributed by atoms with van der Waals surface area (Å²) in [4.78, 5) is 28.1. The van der Waals surface area contributed by atoms with E-state index in [4.69, 9.17) is 0 Å². The standard InChI is InChI=1S/C10H8N4O4/c15-13(16)9-7-10(14(17)18,3-6-12-9)8-1-4-11-5-2-8/h1-6H,7H2. The van der Waals surface area contributed by atoms with Crippen molar-refractivity contribution in [3.05, 3.63) is 62.6 Å². The Labute approximate surface area is 101 Å². The lowest BCUT2D eigenvalue weighted by molar-refractivity contribution is -0.564. The van der Waals surface area contributed by atoms with Crippen LogP contribution in [0.2, 0.25) is 0 Å². The molecular weight excluding hydrogens is 240 g/mol. The van der Waals surface area contributed by atoms with Crippen LogP contribution in [-0.2, 0) is 5.54 Å². The number of pyridine rings is 1. The van der Waals surface area contributed by atoms with Crippen molar-refractivity contribution in [3.8, 4) is 0 Å². The van der Waals surface area contributed by atoms with Gasteiger partial charge in [-0.1, -0.05) is 4.99 Å². The van der Waals surface area contributed by atoms with Crippen LogP contribution in [0.15, 0.2) is 41.8 Å². The molecule has 8 heteroatoms. The molecule has 0 saturated carbocycles. The second-order valence-corrected chi connectivity index (χ2v) is 3.71. The van der Waals surface area contributed by atoms with Gasteiger partial charge in [0, 0.05) is 29.0 Å². The van der Waals surface area contributed by atoms with Gasteiger partial charge in [-0.25, -0.2) is 0 Å². The van der Waals surface area contributed by atoms with Crippen molar-refractivity contribution in [2.75, 3.05) is 0 Å². The van der Waals surface area contributed by atoms with Crippen LogP contribution in [0.1, 0.15) is 12.0 Å². The van der Waals surface area contributed by atoms with Gasteiger partial charge in [0.1, 0.15) is 12.6 Å². The maximum atomic E-state index is 11.3. The van der Waals surface area contributed by atoms with E-state index < -0.39 is 21.2 Å². The molecule has 0 saturated heterocycles. The molecule has 0 aromatic carbocycles. The number of rotatable bonds is 2. The molecule has 0 amide bonds. The lowest BCUT2D eigenvalue weighted by Gasteiger charge is -2.21. The molecule has 1 aromatic heterocycles. The van der Waals surface area contributed by atoms with E-state index >= 15 is 0 Å². The summed E-state index contributed by atoms with van der Waals surface area (Å²) in [6.07, 6.45) is 4.80. The van der Waals surface area contributed by atoms with Gasteiger partial charge < -0.3 is 10.1 Å². The van der Waals surface area contributed by atoms with E-state index in [2.05, 4.69) is 9.98 Å². The molecular formula is C10H8N4O4. The normalized spacial score (nSPS) is 22.3. The van der Waals surface area contributed by atoms with Crippen molar-refractivity contribution in [1.82, 2.24) is 4.98 Å². The molecule has 0 bridgehead atoms. The molecule has 0 fully saturated rings. The van der Waals surface area contributed by atoms with Crippen LogP contribution in [0.25, 0.3) is 0 Å². The first kappa shape index (κ1) is 11.8. The summed E-state index contributed by atoms with van der Waals surface area (Å²) in [5.41, 5.74) is -1.30. The van der Waals surface area contributed by atoms with Gasteiger partial charge in [0.05, 0.1) is 0 Å². The quantitative estimate of drug-likeness (QED) is 0.575. The Morgan fingerprint density at radius 2 is 1.89 bits per heavy atom. The van der Waals surface area contributed by atoms with Gasteiger partial charge in [-0.3, -0.25) is 15.1 Å². The minimum atomic E-state index is -1.65. The van der Waals surface area contributed by atoms with E-state index in [0.29, 0.717) is 5.56 Å². The summed E-state index contributed by atoms with van der Waals surface area (Å²) in [6.45, 7) is 0. The van der Waals surface area contributed by atoms with Gasteiger partial charge in [0.25, 0.3) is 5.54 Å². The molecule has 1 aromatic rings. The molecule has 1 aliphatic heterocycles. The number of hydrogen-bond donors (Lipinski definition) is 0. The zero-order valence-electron chi connectivity index (χ0n) is 9.09. The highest BCUT2D eigenvalue weighted by atomic mass is 16.6. The SMILES string of the molecule is O=[N+]([O-])C1=NC=CC(c2ccncc2)([N+](=O)[O-])C1. The average molecular weight is 248 g/mol. The summed E-state index contributed by atoms with van der Waals surface area (Å²) in [5.74, 6) is -0.425. The monoisotopic (exact) mass is 248 g/mol. The Kier molecular flexibility index (Phi) is 2.84. The first-order chi connectivity index (χ1) is 8.56.